The van der Waals surface area contributed by atoms with Crippen LogP contribution in [0, 0.1) is 5.92 Å². The first-order chi connectivity index (χ1) is 8.34. The Kier molecular flexibility index (Phi) is 1.50. The average Bonchev–Trinajstić information content (AvgIpc) is 2.80. The molecule has 17 heavy (non-hydrogen) atoms. The van der Waals surface area contributed by atoms with E-state index in [1.54, 1.807) is 0 Å². The Morgan fingerprint density at radius 3 is 3.06 bits per heavy atom. The molecular formula is C14H8N2O. The van der Waals surface area contributed by atoms with E-state index in [-0.39, 0.29) is 11.8 Å². The van der Waals surface area contributed by atoms with Crippen LogP contribution in [0.25, 0.3) is 11.6 Å². The summed E-state index contributed by atoms with van der Waals surface area (Å²) < 4.78 is 0. The maximum Gasteiger partial charge on any atom is 0.293 e. The predicted octanol–water partition coefficient (Wildman–Crippen LogP) is 1.37. The lowest BCUT2D eigenvalue weighted by Gasteiger charge is -2.19. The van der Waals surface area contributed by atoms with Crippen LogP contribution in [0.5, 0.6) is 0 Å². The van der Waals surface area contributed by atoms with Gasteiger partial charge in [0.15, 0.2) is 0 Å². The van der Waals surface area contributed by atoms with Crippen LogP contribution in [-0.2, 0) is 4.79 Å². The Labute approximate surface area is 97.2 Å². The second-order valence-corrected chi connectivity index (χ2v) is 4.33. The molecule has 0 radical (unpaired) electrons. The molecule has 1 aliphatic heterocycles. The largest absolute Gasteiger partial charge is 0.293 e. The number of allylic oxidation sites excluding steroid dienone is 4. The van der Waals surface area contributed by atoms with Crippen molar-refractivity contribution in [1.82, 2.24) is 0 Å². The van der Waals surface area contributed by atoms with E-state index in [0.29, 0.717) is 0 Å². The summed E-state index contributed by atoms with van der Waals surface area (Å²) >= 11 is 0. The van der Waals surface area contributed by atoms with Gasteiger partial charge in [-0.1, -0.05) is 36.4 Å². The number of azo groups is 1. The van der Waals surface area contributed by atoms with Crippen molar-refractivity contribution in [2.75, 3.05) is 0 Å². The van der Waals surface area contributed by atoms with Crippen LogP contribution in [0.2, 0.25) is 0 Å². The van der Waals surface area contributed by atoms with E-state index < -0.39 is 0 Å². The lowest BCUT2D eigenvalue weighted by molar-refractivity contribution is -0.113. The molecule has 3 aliphatic rings. The van der Waals surface area contributed by atoms with Gasteiger partial charge in [-0.15, -0.1) is 10.2 Å². The summed E-state index contributed by atoms with van der Waals surface area (Å²) in [7, 11) is 0. The highest BCUT2D eigenvalue weighted by Crippen LogP contribution is 2.32. The number of amides is 1. The predicted molar refractivity (Wildman–Crippen MR) is 63.8 cm³/mol. The van der Waals surface area contributed by atoms with E-state index in [2.05, 4.69) is 16.3 Å². The first kappa shape index (κ1) is 8.82. The first-order valence-electron chi connectivity index (χ1n) is 5.54. The molecule has 0 saturated carbocycles. The van der Waals surface area contributed by atoms with Crippen LogP contribution < -0.4 is 10.4 Å². The molecule has 0 aromatic heterocycles. The van der Waals surface area contributed by atoms with E-state index >= 15 is 0 Å². The van der Waals surface area contributed by atoms with Crippen molar-refractivity contribution in [2.45, 2.75) is 0 Å². The standard InChI is InChI=1S/C14H8N2O/c17-14-13-10-5-1-3-8(10)7-9-4-2-6-11(12(9)13)15-16-14/h1-7,10H. The van der Waals surface area contributed by atoms with Gasteiger partial charge in [-0.25, -0.2) is 0 Å². The van der Waals surface area contributed by atoms with Crippen LogP contribution in [0.1, 0.15) is 0 Å². The van der Waals surface area contributed by atoms with E-state index in [0.717, 1.165) is 27.3 Å². The van der Waals surface area contributed by atoms with Gasteiger partial charge in [0.1, 0.15) is 0 Å². The van der Waals surface area contributed by atoms with E-state index in [1.165, 1.54) is 0 Å². The monoisotopic (exact) mass is 220 g/mol. The van der Waals surface area contributed by atoms with Gasteiger partial charge in [-0.05, 0) is 16.9 Å². The lowest BCUT2D eigenvalue weighted by Crippen LogP contribution is -2.36. The van der Waals surface area contributed by atoms with Gasteiger partial charge in [0.2, 0.25) is 0 Å². The van der Waals surface area contributed by atoms with Crippen LogP contribution in [0.4, 0.5) is 5.69 Å². The number of carbonyl (C=O) groups is 1. The van der Waals surface area contributed by atoms with Crippen LogP contribution in [0.15, 0.2) is 52.2 Å². The zero-order valence-corrected chi connectivity index (χ0v) is 8.92. The van der Waals surface area contributed by atoms with E-state index in [4.69, 9.17) is 0 Å². The van der Waals surface area contributed by atoms with Gasteiger partial charge >= 0.3 is 0 Å². The summed E-state index contributed by atoms with van der Waals surface area (Å²) in [6.07, 6.45) is 8.21. The molecule has 3 heteroatoms. The number of hydrogen-bond acceptors (Lipinski definition) is 2. The fourth-order valence-corrected chi connectivity index (χ4v) is 2.68. The van der Waals surface area contributed by atoms with E-state index in [1.807, 2.05) is 36.4 Å². The summed E-state index contributed by atoms with van der Waals surface area (Å²) in [4.78, 5) is 11.9. The van der Waals surface area contributed by atoms with Gasteiger partial charge in [0.05, 0.1) is 5.69 Å². The zero-order chi connectivity index (χ0) is 11.4. The highest BCUT2D eigenvalue weighted by Gasteiger charge is 2.29. The molecule has 0 N–H and O–H groups in total. The summed E-state index contributed by atoms with van der Waals surface area (Å²) in [6.45, 7) is 0. The van der Waals surface area contributed by atoms with Gasteiger partial charge < -0.3 is 0 Å². The fraction of sp³-hybridized carbons (Fsp3) is 0.0714. The molecule has 1 atom stereocenters. The fourth-order valence-electron chi connectivity index (χ4n) is 2.68. The SMILES string of the molecule is O=C1N=Nc2cccc3c2=C1C1C=CC=C1C=3. The van der Waals surface area contributed by atoms with Gasteiger partial charge in [0, 0.05) is 16.7 Å². The van der Waals surface area contributed by atoms with Crippen LogP contribution >= 0.6 is 0 Å². The number of fused-ring (bicyclic) bond motifs is 2. The minimum atomic E-state index is -0.208. The molecule has 0 bridgehead atoms. The Bertz CT molecular complexity index is 766. The molecule has 0 saturated heterocycles. The molecule has 2 aliphatic carbocycles. The molecule has 4 rings (SSSR count). The second-order valence-electron chi connectivity index (χ2n) is 4.33. The maximum atomic E-state index is 11.9. The minimum Gasteiger partial charge on any atom is -0.265 e. The Morgan fingerprint density at radius 2 is 2.12 bits per heavy atom. The smallest absolute Gasteiger partial charge is 0.265 e. The third-order valence-electron chi connectivity index (χ3n) is 3.41. The summed E-state index contributed by atoms with van der Waals surface area (Å²) in [5.74, 6) is -0.143. The summed E-state index contributed by atoms with van der Waals surface area (Å²) in [5, 5.41) is 9.73. The van der Waals surface area contributed by atoms with Crippen molar-refractivity contribution in [3.8, 4) is 0 Å². The lowest BCUT2D eigenvalue weighted by atomic mass is 9.85. The maximum absolute atomic E-state index is 11.9. The number of carbonyl (C=O) groups excluding carboxylic acids is 1. The first-order valence-corrected chi connectivity index (χ1v) is 5.54. The Hall–Kier alpha value is -2.29. The topological polar surface area (TPSA) is 41.8 Å². The quantitative estimate of drug-likeness (QED) is 0.651. The van der Waals surface area contributed by atoms with Crippen molar-refractivity contribution < 1.29 is 4.79 Å². The highest BCUT2D eigenvalue weighted by atomic mass is 16.1. The summed E-state index contributed by atoms with van der Waals surface area (Å²) in [5.41, 5.74) is 2.73. The number of rotatable bonds is 0. The molecule has 0 fully saturated rings. The molecule has 80 valence electrons. The van der Waals surface area contributed by atoms with Crippen molar-refractivity contribution in [3.05, 3.63) is 52.4 Å². The number of nitrogens with zero attached hydrogens (tertiary/aromatic N) is 2. The summed E-state index contributed by atoms with van der Waals surface area (Å²) in [6, 6.07) is 5.86. The molecule has 0 spiro atoms. The van der Waals surface area contributed by atoms with Gasteiger partial charge in [-0.2, -0.15) is 0 Å². The molecule has 1 aromatic carbocycles. The number of hydrogen-bond donors (Lipinski definition) is 0. The minimum absolute atomic E-state index is 0.0652. The van der Waals surface area contributed by atoms with Crippen molar-refractivity contribution >= 4 is 23.2 Å². The van der Waals surface area contributed by atoms with E-state index in [9.17, 15) is 4.79 Å². The third-order valence-corrected chi connectivity index (χ3v) is 3.41. The number of benzene rings is 1. The van der Waals surface area contributed by atoms with Crippen molar-refractivity contribution in [1.29, 1.82) is 0 Å². The second kappa shape index (κ2) is 2.88. The Morgan fingerprint density at radius 1 is 1.18 bits per heavy atom. The van der Waals surface area contributed by atoms with Gasteiger partial charge in [0.25, 0.3) is 5.91 Å². The molecule has 1 aromatic rings. The van der Waals surface area contributed by atoms with Crippen molar-refractivity contribution in [2.24, 2.45) is 16.1 Å². The average molecular weight is 220 g/mol. The Balaban J connectivity index is 2.26. The normalized spacial score (nSPS) is 23.1. The molecule has 1 unspecified atom stereocenters. The molecule has 1 heterocycles. The van der Waals surface area contributed by atoms with Crippen molar-refractivity contribution in [3.63, 3.8) is 0 Å². The molecular weight excluding hydrogens is 212 g/mol. The zero-order valence-electron chi connectivity index (χ0n) is 8.92. The highest BCUT2D eigenvalue weighted by molar-refractivity contribution is 6.17. The third kappa shape index (κ3) is 1.03. The van der Waals surface area contributed by atoms with Gasteiger partial charge in [-0.3, -0.25) is 4.79 Å². The molecule has 3 nitrogen and oxygen atoms in total. The van der Waals surface area contributed by atoms with Crippen LogP contribution in [-0.4, -0.2) is 5.91 Å². The molecule has 1 amide bonds. The van der Waals surface area contributed by atoms with Crippen LogP contribution in [0.3, 0.4) is 0 Å².